The molecule has 3 heteroatoms. The van der Waals surface area contributed by atoms with Crippen LogP contribution in [-0.2, 0) is 0 Å². The highest BCUT2D eigenvalue weighted by molar-refractivity contribution is 5.85. The molecule has 3 aromatic carbocycles. The zero-order chi connectivity index (χ0) is 18.1. The van der Waals surface area contributed by atoms with Gasteiger partial charge < -0.3 is 5.11 Å². The number of aromatic hydroxyl groups is 1. The fourth-order valence-electron chi connectivity index (χ4n) is 3.06. The lowest BCUT2D eigenvalue weighted by atomic mass is 10.00. The first-order chi connectivity index (χ1) is 12.6. The van der Waals surface area contributed by atoms with Crippen LogP contribution in [0.2, 0.25) is 0 Å². The third kappa shape index (κ3) is 2.88. The molecule has 0 spiro atoms. The molecule has 0 radical (unpaired) electrons. The van der Waals surface area contributed by atoms with Gasteiger partial charge in [-0.2, -0.15) is 5.10 Å². The van der Waals surface area contributed by atoms with Gasteiger partial charge in [0.1, 0.15) is 5.69 Å². The van der Waals surface area contributed by atoms with Gasteiger partial charge >= 0.3 is 0 Å². The van der Waals surface area contributed by atoms with E-state index in [1.54, 1.807) is 4.68 Å². The van der Waals surface area contributed by atoms with Gasteiger partial charge in [0.05, 0.1) is 11.3 Å². The fourth-order valence-corrected chi connectivity index (χ4v) is 3.06. The Labute approximate surface area is 153 Å². The van der Waals surface area contributed by atoms with Gasteiger partial charge in [-0.1, -0.05) is 77.9 Å². The maximum absolute atomic E-state index is 11.0. The summed E-state index contributed by atoms with van der Waals surface area (Å²) >= 11 is 0. The maximum Gasteiger partial charge on any atom is 0.222 e. The minimum atomic E-state index is 0.149. The average molecular weight is 340 g/mol. The molecule has 0 amide bonds. The molecule has 4 rings (SSSR count). The molecule has 1 heterocycles. The van der Waals surface area contributed by atoms with E-state index in [4.69, 9.17) is 5.10 Å². The van der Waals surface area contributed by atoms with Crippen molar-refractivity contribution in [3.05, 3.63) is 90.0 Å². The predicted octanol–water partition coefficient (Wildman–Crippen LogP) is 5.53. The van der Waals surface area contributed by atoms with Gasteiger partial charge in [-0.3, -0.25) is 0 Å². The predicted molar refractivity (Wildman–Crippen MR) is 106 cm³/mol. The summed E-state index contributed by atoms with van der Waals surface area (Å²) in [5.41, 5.74) is 6.66. The minimum Gasteiger partial charge on any atom is -0.493 e. The highest BCUT2D eigenvalue weighted by Crippen LogP contribution is 2.39. The zero-order valence-corrected chi connectivity index (χ0v) is 14.8. The van der Waals surface area contributed by atoms with Crippen LogP contribution in [0, 0.1) is 13.8 Å². The molecule has 4 aromatic rings. The lowest BCUT2D eigenvalue weighted by molar-refractivity contribution is 0.435. The number of hydrogen-bond donors (Lipinski definition) is 1. The second kappa shape index (κ2) is 6.52. The van der Waals surface area contributed by atoms with E-state index < -0.39 is 0 Å². The fraction of sp³-hybridized carbons (Fsp3) is 0.0870. The SMILES string of the molecule is Cc1ccc(-c2nn(-c3ccccc3)c(O)c2-c2ccc(C)cc2)cc1. The molecule has 26 heavy (non-hydrogen) atoms. The van der Waals surface area contributed by atoms with Crippen LogP contribution in [0.15, 0.2) is 78.9 Å². The molecule has 1 aromatic heterocycles. The number of aryl methyl sites for hydroxylation is 2. The summed E-state index contributed by atoms with van der Waals surface area (Å²) in [7, 11) is 0. The second-order valence-electron chi connectivity index (χ2n) is 6.53. The van der Waals surface area contributed by atoms with Crippen molar-refractivity contribution in [2.75, 3.05) is 0 Å². The Bertz CT molecular complexity index is 1030. The largest absolute Gasteiger partial charge is 0.493 e. The smallest absolute Gasteiger partial charge is 0.222 e. The van der Waals surface area contributed by atoms with E-state index in [9.17, 15) is 5.11 Å². The van der Waals surface area contributed by atoms with Crippen LogP contribution in [0.25, 0.3) is 28.1 Å². The van der Waals surface area contributed by atoms with Gasteiger partial charge in [-0.25, -0.2) is 4.68 Å². The van der Waals surface area contributed by atoms with Gasteiger partial charge in [-0.05, 0) is 31.5 Å². The van der Waals surface area contributed by atoms with Crippen LogP contribution < -0.4 is 0 Å². The molecule has 3 nitrogen and oxygen atoms in total. The lowest BCUT2D eigenvalue weighted by Crippen LogP contribution is -1.95. The summed E-state index contributed by atoms with van der Waals surface area (Å²) in [5.74, 6) is 0.149. The number of nitrogens with zero attached hydrogens (tertiary/aromatic N) is 2. The van der Waals surface area contributed by atoms with Gasteiger partial charge in [0, 0.05) is 5.56 Å². The van der Waals surface area contributed by atoms with Crippen LogP contribution >= 0.6 is 0 Å². The number of hydrogen-bond acceptors (Lipinski definition) is 2. The van der Waals surface area contributed by atoms with Gasteiger partial charge in [0.2, 0.25) is 5.88 Å². The highest BCUT2D eigenvalue weighted by atomic mass is 16.3. The molecule has 0 aliphatic carbocycles. The van der Waals surface area contributed by atoms with Gasteiger partial charge in [0.25, 0.3) is 0 Å². The molecular formula is C23H20N2O. The number of para-hydroxylation sites is 1. The van der Waals surface area contributed by atoms with Crippen LogP contribution in [0.1, 0.15) is 11.1 Å². The van der Waals surface area contributed by atoms with Crippen LogP contribution in [0.3, 0.4) is 0 Å². The molecule has 0 fully saturated rings. The van der Waals surface area contributed by atoms with Crippen molar-refractivity contribution in [2.45, 2.75) is 13.8 Å². The van der Waals surface area contributed by atoms with Crippen molar-refractivity contribution in [3.63, 3.8) is 0 Å². The van der Waals surface area contributed by atoms with Crippen LogP contribution in [-0.4, -0.2) is 14.9 Å². The first-order valence-corrected chi connectivity index (χ1v) is 8.65. The first-order valence-electron chi connectivity index (χ1n) is 8.65. The van der Waals surface area contributed by atoms with Crippen LogP contribution in [0.4, 0.5) is 0 Å². The lowest BCUT2D eigenvalue weighted by Gasteiger charge is -2.05. The Morgan fingerprint density at radius 1 is 0.692 bits per heavy atom. The topological polar surface area (TPSA) is 38.0 Å². The molecule has 0 bridgehead atoms. The maximum atomic E-state index is 11.0. The summed E-state index contributed by atoms with van der Waals surface area (Å²) in [6.07, 6.45) is 0. The van der Waals surface area contributed by atoms with E-state index in [1.165, 1.54) is 11.1 Å². The Hall–Kier alpha value is -3.33. The molecule has 0 saturated heterocycles. The molecule has 128 valence electrons. The van der Waals surface area contributed by atoms with Gasteiger partial charge in [0.15, 0.2) is 0 Å². The molecule has 0 atom stereocenters. The summed E-state index contributed by atoms with van der Waals surface area (Å²) in [5, 5.41) is 15.7. The van der Waals surface area contributed by atoms with Crippen molar-refractivity contribution in [3.8, 4) is 34.0 Å². The molecule has 0 unspecified atom stereocenters. The summed E-state index contributed by atoms with van der Waals surface area (Å²) in [4.78, 5) is 0. The number of benzene rings is 3. The summed E-state index contributed by atoms with van der Waals surface area (Å²) in [6.45, 7) is 4.11. The van der Waals surface area contributed by atoms with Gasteiger partial charge in [-0.15, -0.1) is 0 Å². The third-order valence-electron chi connectivity index (χ3n) is 4.53. The Morgan fingerprint density at radius 2 is 1.23 bits per heavy atom. The molecule has 1 N–H and O–H groups in total. The van der Waals surface area contributed by atoms with E-state index in [-0.39, 0.29) is 5.88 Å². The monoisotopic (exact) mass is 340 g/mol. The molecular weight excluding hydrogens is 320 g/mol. The Kier molecular flexibility index (Phi) is 4.05. The zero-order valence-electron chi connectivity index (χ0n) is 14.8. The second-order valence-corrected chi connectivity index (χ2v) is 6.53. The number of aromatic nitrogens is 2. The van der Waals surface area contributed by atoms with E-state index in [2.05, 4.69) is 26.0 Å². The molecule has 0 aliphatic heterocycles. The quantitative estimate of drug-likeness (QED) is 0.532. The molecule has 0 saturated carbocycles. The average Bonchev–Trinajstić information content (AvgIpc) is 3.01. The Morgan fingerprint density at radius 3 is 1.81 bits per heavy atom. The van der Waals surface area contributed by atoms with E-state index in [0.29, 0.717) is 0 Å². The van der Waals surface area contributed by atoms with Crippen molar-refractivity contribution in [2.24, 2.45) is 0 Å². The molecule has 0 aliphatic rings. The van der Waals surface area contributed by atoms with Crippen molar-refractivity contribution in [1.29, 1.82) is 0 Å². The standard InChI is InChI=1S/C23H20N2O/c1-16-8-12-18(13-9-16)21-22(19-14-10-17(2)11-15-19)24-25(23(21)26)20-6-4-3-5-7-20/h3-15,26H,1-2H3. The van der Waals surface area contributed by atoms with Crippen molar-refractivity contribution in [1.82, 2.24) is 9.78 Å². The summed E-state index contributed by atoms with van der Waals surface area (Å²) in [6, 6.07) is 26.1. The van der Waals surface area contributed by atoms with Crippen molar-refractivity contribution >= 4 is 0 Å². The van der Waals surface area contributed by atoms with E-state index in [0.717, 1.165) is 28.1 Å². The minimum absolute atomic E-state index is 0.149. The summed E-state index contributed by atoms with van der Waals surface area (Å²) < 4.78 is 1.60. The van der Waals surface area contributed by atoms with E-state index in [1.807, 2.05) is 66.7 Å². The number of rotatable bonds is 3. The van der Waals surface area contributed by atoms with Crippen LogP contribution in [0.5, 0.6) is 5.88 Å². The Balaban J connectivity index is 1.96. The van der Waals surface area contributed by atoms with E-state index >= 15 is 0 Å². The highest BCUT2D eigenvalue weighted by Gasteiger charge is 2.21. The third-order valence-corrected chi connectivity index (χ3v) is 4.53. The normalized spacial score (nSPS) is 10.8. The first kappa shape index (κ1) is 16.2. The van der Waals surface area contributed by atoms with Crippen molar-refractivity contribution < 1.29 is 5.11 Å².